The number of anilines is 1. The summed E-state index contributed by atoms with van der Waals surface area (Å²) in [6, 6.07) is 3.87. The third kappa shape index (κ3) is 7.41. The molecule has 1 aliphatic rings. The molecular weight excluding hydrogens is 505 g/mol. The van der Waals surface area contributed by atoms with E-state index in [-0.39, 0.29) is 43.1 Å². The molecule has 1 fully saturated rings. The van der Waals surface area contributed by atoms with E-state index in [0.29, 0.717) is 41.3 Å². The Morgan fingerprint density at radius 2 is 1.88 bits per heavy atom. The van der Waals surface area contributed by atoms with Crippen molar-refractivity contribution in [3.8, 4) is 5.75 Å². The summed E-state index contributed by atoms with van der Waals surface area (Å²) in [4.78, 5) is 21.3. The van der Waals surface area contributed by atoms with Gasteiger partial charge in [-0.25, -0.2) is 17.7 Å². The number of rotatable bonds is 7. The van der Waals surface area contributed by atoms with Gasteiger partial charge in [0.05, 0.1) is 16.5 Å². The highest BCUT2D eigenvalue weighted by Gasteiger charge is 2.34. The number of fused-ring (bicyclic) bond motifs is 1. The average Bonchev–Trinajstić information content (AvgIpc) is 3.08. The Labute approximate surface area is 200 Å². The summed E-state index contributed by atoms with van der Waals surface area (Å²) < 4.78 is 66.9. The van der Waals surface area contributed by atoms with Crippen LogP contribution in [-0.2, 0) is 14.8 Å². The number of thiazole rings is 1. The number of sulfonamides is 1. The lowest BCUT2D eigenvalue weighted by molar-refractivity contribution is -0.274. The van der Waals surface area contributed by atoms with E-state index in [1.807, 2.05) is 19.0 Å². The summed E-state index contributed by atoms with van der Waals surface area (Å²) in [5.74, 6) is -0.864. The smallest absolute Gasteiger partial charge is 0.406 e. The average molecular weight is 531 g/mol. The number of hydrogen-bond donors (Lipinski definition) is 0. The van der Waals surface area contributed by atoms with Crippen molar-refractivity contribution in [1.82, 2.24) is 14.2 Å². The highest BCUT2D eigenvalue weighted by molar-refractivity contribution is 7.88. The van der Waals surface area contributed by atoms with Crippen LogP contribution in [0.15, 0.2) is 18.2 Å². The van der Waals surface area contributed by atoms with Gasteiger partial charge >= 0.3 is 6.36 Å². The third-order valence-corrected chi connectivity index (χ3v) is 7.47. The summed E-state index contributed by atoms with van der Waals surface area (Å²) in [5, 5.41) is 0.390. The van der Waals surface area contributed by atoms with Gasteiger partial charge in [-0.15, -0.1) is 25.6 Å². The minimum absolute atomic E-state index is 0. The number of halogens is 4. The molecule has 1 aliphatic heterocycles. The number of carbonyl (C=O) groups is 1. The van der Waals surface area contributed by atoms with Crippen LogP contribution in [-0.4, -0.2) is 81.4 Å². The number of amides is 1. The highest BCUT2D eigenvalue weighted by atomic mass is 35.5. The Balaban J connectivity index is 0.00000385. The Hall–Kier alpha value is -1.67. The number of carbonyl (C=O) groups excluding carboxylic acids is 1. The van der Waals surface area contributed by atoms with Gasteiger partial charge in [0, 0.05) is 38.2 Å². The molecule has 33 heavy (non-hydrogen) atoms. The van der Waals surface area contributed by atoms with Crippen molar-refractivity contribution in [2.45, 2.75) is 19.2 Å². The molecule has 0 saturated carbocycles. The Kier molecular flexibility index (Phi) is 8.96. The fourth-order valence-electron chi connectivity index (χ4n) is 3.46. The molecule has 1 amide bonds. The topological polar surface area (TPSA) is 83.0 Å². The quantitative estimate of drug-likeness (QED) is 0.547. The fraction of sp³-hybridized carbons (Fsp3) is 0.579. The molecule has 0 bridgehead atoms. The van der Waals surface area contributed by atoms with E-state index in [0.717, 1.165) is 17.6 Å². The van der Waals surface area contributed by atoms with Crippen LogP contribution < -0.4 is 9.64 Å². The molecule has 1 aromatic carbocycles. The minimum Gasteiger partial charge on any atom is -0.406 e. The van der Waals surface area contributed by atoms with E-state index in [1.54, 1.807) is 4.90 Å². The number of ether oxygens (including phenoxy) is 1. The van der Waals surface area contributed by atoms with Gasteiger partial charge in [0.15, 0.2) is 5.13 Å². The number of aromatic nitrogens is 1. The molecule has 0 spiro atoms. The first-order valence-electron chi connectivity index (χ1n) is 9.91. The summed E-state index contributed by atoms with van der Waals surface area (Å²) in [6.45, 7) is 1.46. The van der Waals surface area contributed by atoms with E-state index < -0.39 is 16.4 Å². The monoisotopic (exact) mass is 530 g/mol. The predicted octanol–water partition coefficient (Wildman–Crippen LogP) is 3.18. The zero-order valence-corrected chi connectivity index (χ0v) is 20.8. The standard InChI is InChI=1S/C19H25F3N4O4S2.ClH/c1-24(2)10-11-26(17(27)13-6-8-25(9-7-13)32(3,28)29)18-23-15-5-4-14(12-16(15)31-18)30-19(20,21)22;/h4-5,12-13H,6-11H2,1-3H3;1H. The first-order valence-corrected chi connectivity index (χ1v) is 12.6. The van der Waals surface area contributed by atoms with Crippen LogP contribution in [0.25, 0.3) is 10.2 Å². The van der Waals surface area contributed by atoms with Crippen LogP contribution in [0, 0.1) is 5.92 Å². The minimum atomic E-state index is -4.80. The largest absolute Gasteiger partial charge is 0.573 e. The van der Waals surface area contributed by atoms with E-state index in [2.05, 4.69) is 9.72 Å². The maximum absolute atomic E-state index is 13.3. The highest BCUT2D eigenvalue weighted by Crippen LogP contribution is 2.34. The lowest BCUT2D eigenvalue weighted by Crippen LogP contribution is -2.45. The second kappa shape index (κ2) is 10.7. The Bertz CT molecular complexity index is 1070. The molecule has 0 atom stereocenters. The van der Waals surface area contributed by atoms with Crippen molar-refractivity contribution >= 4 is 55.0 Å². The van der Waals surface area contributed by atoms with Crippen LogP contribution in [0.1, 0.15) is 12.8 Å². The summed E-state index contributed by atoms with van der Waals surface area (Å²) in [6.07, 6.45) is -2.84. The molecule has 0 aliphatic carbocycles. The van der Waals surface area contributed by atoms with Gasteiger partial charge < -0.3 is 9.64 Å². The molecule has 0 N–H and O–H groups in total. The molecule has 3 rings (SSSR count). The van der Waals surface area contributed by atoms with Crippen molar-refractivity contribution in [2.24, 2.45) is 5.92 Å². The Morgan fingerprint density at radius 1 is 1.24 bits per heavy atom. The first kappa shape index (κ1) is 27.6. The van der Waals surface area contributed by atoms with Crippen LogP contribution >= 0.6 is 23.7 Å². The van der Waals surface area contributed by atoms with Crippen molar-refractivity contribution in [1.29, 1.82) is 0 Å². The summed E-state index contributed by atoms with van der Waals surface area (Å²) in [7, 11) is 0.431. The van der Waals surface area contributed by atoms with Crippen LogP contribution in [0.4, 0.5) is 18.3 Å². The number of hydrogen-bond acceptors (Lipinski definition) is 7. The van der Waals surface area contributed by atoms with Gasteiger partial charge in [0.25, 0.3) is 0 Å². The summed E-state index contributed by atoms with van der Waals surface area (Å²) in [5.41, 5.74) is 0.467. The van der Waals surface area contributed by atoms with Gasteiger partial charge in [0.1, 0.15) is 5.75 Å². The zero-order chi connectivity index (χ0) is 23.7. The molecular formula is C19H26ClF3N4O4S2. The van der Waals surface area contributed by atoms with E-state index in [1.165, 1.54) is 22.5 Å². The molecule has 1 aromatic heterocycles. The van der Waals surface area contributed by atoms with Crippen molar-refractivity contribution in [3.63, 3.8) is 0 Å². The number of alkyl halides is 3. The second-order valence-electron chi connectivity index (χ2n) is 7.90. The number of benzene rings is 1. The van der Waals surface area contributed by atoms with E-state index >= 15 is 0 Å². The number of likely N-dealkylation sites (N-methyl/N-ethyl adjacent to an activating group) is 1. The number of piperidine rings is 1. The fourth-order valence-corrected chi connectivity index (χ4v) is 5.36. The third-order valence-electron chi connectivity index (χ3n) is 5.12. The summed E-state index contributed by atoms with van der Waals surface area (Å²) >= 11 is 1.12. The molecule has 0 unspecified atom stereocenters. The Morgan fingerprint density at radius 3 is 2.42 bits per heavy atom. The normalized spacial score (nSPS) is 16.1. The lowest BCUT2D eigenvalue weighted by atomic mass is 9.96. The molecule has 14 heteroatoms. The van der Waals surface area contributed by atoms with Gasteiger partial charge in [0.2, 0.25) is 15.9 Å². The molecule has 0 radical (unpaired) electrons. The van der Waals surface area contributed by atoms with Crippen molar-refractivity contribution in [2.75, 3.05) is 51.4 Å². The van der Waals surface area contributed by atoms with Gasteiger partial charge in [-0.3, -0.25) is 9.69 Å². The molecule has 1 saturated heterocycles. The molecule has 186 valence electrons. The van der Waals surface area contributed by atoms with Crippen molar-refractivity contribution < 1.29 is 31.1 Å². The second-order valence-corrected chi connectivity index (χ2v) is 10.9. The maximum atomic E-state index is 13.3. The van der Waals surface area contributed by atoms with E-state index in [9.17, 15) is 26.4 Å². The molecule has 8 nitrogen and oxygen atoms in total. The van der Waals surface area contributed by atoms with Crippen LogP contribution in [0.5, 0.6) is 5.75 Å². The van der Waals surface area contributed by atoms with Crippen LogP contribution in [0.3, 0.4) is 0 Å². The van der Waals surface area contributed by atoms with Gasteiger partial charge in [-0.1, -0.05) is 11.3 Å². The number of nitrogens with zero attached hydrogens (tertiary/aromatic N) is 4. The van der Waals surface area contributed by atoms with Gasteiger partial charge in [-0.2, -0.15) is 0 Å². The van der Waals surface area contributed by atoms with E-state index in [4.69, 9.17) is 0 Å². The first-order chi connectivity index (χ1) is 14.8. The van der Waals surface area contributed by atoms with Crippen molar-refractivity contribution in [3.05, 3.63) is 18.2 Å². The predicted molar refractivity (Wildman–Crippen MR) is 124 cm³/mol. The van der Waals surface area contributed by atoms with Gasteiger partial charge in [-0.05, 0) is 39.1 Å². The molecule has 2 aromatic rings. The van der Waals surface area contributed by atoms with Crippen LogP contribution in [0.2, 0.25) is 0 Å². The zero-order valence-electron chi connectivity index (χ0n) is 18.3. The molecule has 2 heterocycles. The maximum Gasteiger partial charge on any atom is 0.573 e. The SMILES string of the molecule is CN(C)CCN(C(=O)C1CCN(S(C)(=O)=O)CC1)c1nc2ccc(OC(F)(F)F)cc2s1.Cl. The lowest BCUT2D eigenvalue weighted by Gasteiger charge is -2.32.